The van der Waals surface area contributed by atoms with Gasteiger partial charge in [0.15, 0.2) is 0 Å². The zero-order valence-corrected chi connectivity index (χ0v) is 31.0. The van der Waals surface area contributed by atoms with Crippen LogP contribution in [0, 0.1) is 0 Å². The molecule has 0 spiro atoms. The van der Waals surface area contributed by atoms with Crippen molar-refractivity contribution in [3.8, 4) is 0 Å². The van der Waals surface area contributed by atoms with E-state index >= 15 is 0 Å². The standard InChI is InChI=1S/C33H72P4/c1-7-13-19-31(34,20-14-8-2)25-28-37(29-26-32(35,21-15-9-3)22-16-10-4)30-27-33(36,23-17-11-5)24-18-12-6/h7-30,34-36H2,1-6H3. The molecular weight excluding hydrogens is 520 g/mol. The lowest BCUT2D eigenvalue weighted by atomic mass is 9.92. The van der Waals surface area contributed by atoms with E-state index in [-0.39, 0.29) is 7.92 Å². The Bertz CT molecular complexity index is 411. The van der Waals surface area contributed by atoms with E-state index < -0.39 is 0 Å². The maximum Gasteiger partial charge on any atom is -0.0147 e. The minimum Gasteiger partial charge on any atom is -0.131 e. The van der Waals surface area contributed by atoms with E-state index in [0.717, 1.165) is 0 Å². The smallest absolute Gasteiger partial charge is 0.0147 e. The fourth-order valence-corrected chi connectivity index (χ4v) is 11.1. The van der Waals surface area contributed by atoms with Crippen LogP contribution in [0.4, 0.5) is 0 Å². The average molecular weight is 593 g/mol. The predicted octanol–water partition coefficient (Wildman–Crippen LogP) is 12.6. The molecule has 0 radical (unpaired) electrons. The van der Waals surface area contributed by atoms with Gasteiger partial charge in [0.05, 0.1) is 0 Å². The summed E-state index contributed by atoms with van der Waals surface area (Å²) >= 11 is 0. The van der Waals surface area contributed by atoms with E-state index in [1.807, 2.05) is 0 Å². The summed E-state index contributed by atoms with van der Waals surface area (Å²) in [7, 11) is 10.3. The Morgan fingerprint density at radius 2 is 0.541 bits per heavy atom. The number of unbranched alkanes of at least 4 members (excludes halogenated alkanes) is 6. The van der Waals surface area contributed by atoms with E-state index in [9.17, 15) is 0 Å². The van der Waals surface area contributed by atoms with Crippen LogP contribution < -0.4 is 0 Å². The summed E-state index contributed by atoms with van der Waals surface area (Å²) in [5.74, 6) is 0. The fraction of sp³-hybridized carbons (Fsp3) is 1.00. The molecular formula is C33H72P4. The second kappa shape index (κ2) is 23.3. The van der Waals surface area contributed by atoms with Gasteiger partial charge in [0.2, 0.25) is 0 Å². The molecule has 0 aliphatic rings. The van der Waals surface area contributed by atoms with Gasteiger partial charge in [-0.15, -0.1) is 35.6 Å². The van der Waals surface area contributed by atoms with Crippen LogP contribution in [0.2, 0.25) is 0 Å². The lowest BCUT2D eigenvalue weighted by Gasteiger charge is -2.36. The Morgan fingerprint density at radius 3 is 0.703 bits per heavy atom. The molecule has 4 heteroatoms. The molecule has 224 valence electrons. The lowest BCUT2D eigenvalue weighted by Crippen LogP contribution is -2.26. The summed E-state index contributed by atoms with van der Waals surface area (Å²) in [5.41, 5.74) is 0. The quantitative estimate of drug-likeness (QED) is 0.0832. The molecule has 0 saturated heterocycles. The molecule has 0 N–H and O–H groups in total. The van der Waals surface area contributed by atoms with Gasteiger partial charge in [-0.3, -0.25) is 0 Å². The summed E-state index contributed by atoms with van der Waals surface area (Å²) in [6.07, 6.45) is 33.8. The third-order valence-electron chi connectivity index (χ3n) is 8.95. The van der Waals surface area contributed by atoms with Crippen LogP contribution in [0.15, 0.2) is 0 Å². The highest BCUT2D eigenvalue weighted by Crippen LogP contribution is 2.49. The van der Waals surface area contributed by atoms with Gasteiger partial charge < -0.3 is 0 Å². The van der Waals surface area contributed by atoms with Crippen LogP contribution in [0.5, 0.6) is 0 Å². The highest BCUT2D eigenvalue weighted by molar-refractivity contribution is 7.57. The van der Waals surface area contributed by atoms with Crippen LogP contribution in [-0.4, -0.2) is 34.0 Å². The van der Waals surface area contributed by atoms with Crippen molar-refractivity contribution < 1.29 is 0 Å². The Morgan fingerprint density at radius 1 is 0.351 bits per heavy atom. The van der Waals surface area contributed by atoms with Gasteiger partial charge in [0.25, 0.3) is 0 Å². The van der Waals surface area contributed by atoms with Crippen molar-refractivity contribution in [2.24, 2.45) is 0 Å². The molecule has 0 bridgehead atoms. The van der Waals surface area contributed by atoms with E-state index in [2.05, 4.69) is 69.3 Å². The topological polar surface area (TPSA) is 0 Å². The van der Waals surface area contributed by atoms with E-state index in [1.165, 1.54) is 153 Å². The van der Waals surface area contributed by atoms with Crippen LogP contribution >= 0.6 is 35.6 Å². The largest absolute Gasteiger partial charge is 0.131 e. The van der Waals surface area contributed by atoms with Crippen molar-refractivity contribution in [2.45, 2.75) is 192 Å². The Kier molecular flexibility index (Phi) is 24.4. The third kappa shape index (κ3) is 19.5. The molecule has 0 fully saturated rings. The Hall–Kier alpha value is 1.72. The molecule has 0 heterocycles. The second-order valence-corrected chi connectivity index (χ2v) is 19.2. The first-order valence-electron chi connectivity index (χ1n) is 16.7. The van der Waals surface area contributed by atoms with Gasteiger partial charge in [-0.05, 0) is 91.7 Å². The van der Waals surface area contributed by atoms with E-state index in [4.69, 9.17) is 0 Å². The van der Waals surface area contributed by atoms with Crippen molar-refractivity contribution >= 4 is 35.6 Å². The second-order valence-electron chi connectivity index (χ2n) is 12.8. The molecule has 0 aromatic carbocycles. The van der Waals surface area contributed by atoms with Crippen LogP contribution in [0.3, 0.4) is 0 Å². The fourth-order valence-electron chi connectivity index (χ4n) is 5.78. The monoisotopic (exact) mass is 592 g/mol. The molecule has 0 aromatic heterocycles. The summed E-state index contributed by atoms with van der Waals surface area (Å²) < 4.78 is 0. The summed E-state index contributed by atoms with van der Waals surface area (Å²) in [6.45, 7) is 14.2. The molecule has 3 unspecified atom stereocenters. The molecule has 0 aliphatic heterocycles. The molecule has 0 aromatic rings. The van der Waals surface area contributed by atoms with Crippen molar-refractivity contribution in [3.63, 3.8) is 0 Å². The third-order valence-corrected chi connectivity index (χ3v) is 14.1. The molecule has 0 rings (SSSR count). The van der Waals surface area contributed by atoms with Gasteiger partial charge >= 0.3 is 0 Å². The minimum atomic E-state index is 0.116. The zero-order valence-electron chi connectivity index (χ0n) is 26.6. The summed E-state index contributed by atoms with van der Waals surface area (Å²) in [5, 5.41) is 1.49. The van der Waals surface area contributed by atoms with Crippen molar-refractivity contribution in [1.29, 1.82) is 0 Å². The first-order valence-corrected chi connectivity index (χ1v) is 20.4. The first-order chi connectivity index (χ1) is 17.6. The maximum atomic E-state index is 3.40. The highest BCUT2D eigenvalue weighted by Gasteiger charge is 2.30. The number of rotatable bonds is 27. The average Bonchev–Trinajstić information content (AvgIpc) is 2.90. The van der Waals surface area contributed by atoms with Crippen molar-refractivity contribution in [3.05, 3.63) is 0 Å². The minimum absolute atomic E-state index is 0.116. The summed E-state index contributed by atoms with van der Waals surface area (Å²) in [6, 6.07) is 0. The van der Waals surface area contributed by atoms with Gasteiger partial charge in [-0.2, -0.15) is 0 Å². The lowest BCUT2D eigenvalue weighted by molar-refractivity contribution is 0.445. The normalized spacial score (nSPS) is 13.1. The Balaban J connectivity index is 5.54. The van der Waals surface area contributed by atoms with Gasteiger partial charge in [0, 0.05) is 0 Å². The first kappa shape index (κ1) is 38.7. The molecule has 3 atom stereocenters. The molecule has 0 amide bonds. The van der Waals surface area contributed by atoms with Gasteiger partial charge in [-0.25, -0.2) is 0 Å². The molecule has 0 saturated carbocycles. The predicted molar refractivity (Wildman–Crippen MR) is 190 cm³/mol. The molecule has 37 heavy (non-hydrogen) atoms. The zero-order chi connectivity index (χ0) is 28.0. The van der Waals surface area contributed by atoms with E-state index in [1.54, 1.807) is 0 Å². The summed E-state index contributed by atoms with van der Waals surface area (Å²) in [4.78, 5) is 0. The SMILES string of the molecule is CCCCC(P)(CCCC)CCP(CCC(P)(CCCC)CCCC)CCC(P)(CCCC)CCCC. The van der Waals surface area contributed by atoms with Crippen molar-refractivity contribution in [1.82, 2.24) is 0 Å². The van der Waals surface area contributed by atoms with Crippen LogP contribution in [0.1, 0.15) is 176 Å². The number of hydrogen-bond acceptors (Lipinski definition) is 0. The van der Waals surface area contributed by atoms with Crippen LogP contribution in [-0.2, 0) is 0 Å². The highest BCUT2D eigenvalue weighted by atomic mass is 31.1. The van der Waals surface area contributed by atoms with E-state index in [0.29, 0.717) is 15.5 Å². The van der Waals surface area contributed by atoms with Gasteiger partial charge in [-0.1, -0.05) is 119 Å². The molecule has 0 nitrogen and oxygen atoms in total. The van der Waals surface area contributed by atoms with Gasteiger partial charge in [0.1, 0.15) is 0 Å². The Labute approximate surface area is 245 Å². The maximum absolute atomic E-state index is 3.40. The molecule has 0 aliphatic carbocycles. The van der Waals surface area contributed by atoms with Crippen molar-refractivity contribution in [2.75, 3.05) is 18.5 Å². The number of hydrogen-bond donors (Lipinski definition) is 0. The van der Waals surface area contributed by atoms with Crippen LogP contribution in [0.25, 0.3) is 0 Å².